The normalized spacial score (nSPS) is 14.8. The van der Waals surface area contributed by atoms with Crippen LogP contribution in [0, 0.1) is 0 Å². The minimum Gasteiger partial charge on any atom is -0.0619 e. The molecule has 0 N–H and O–H groups in total. The van der Waals surface area contributed by atoms with Crippen molar-refractivity contribution in [3.05, 3.63) is 155 Å². The highest BCUT2D eigenvalue weighted by Crippen LogP contribution is 2.63. The summed E-state index contributed by atoms with van der Waals surface area (Å²) in [5, 5.41) is 2.68. The van der Waals surface area contributed by atoms with Gasteiger partial charge in [0, 0.05) is 0 Å². The third-order valence-electron chi connectivity index (χ3n) is 8.89. The fraction of sp³-hybridized carbons (Fsp3) is 0.0556. The first kappa shape index (κ1) is 18.9. The van der Waals surface area contributed by atoms with E-state index in [4.69, 9.17) is 0 Å². The summed E-state index contributed by atoms with van der Waals surface area (Å²) in [4.78, 5) is 0. The topological polar surface area (TPSA) is 0 Å². The number of hydrogen-bond acceptors (Lipinski definition) is 0. The average molecular weight is 455 g/mol. The summed E-state index contributed by atoms with van der Waals surface area (Å²) in [7, 11) is 0. The molecule has 166 valence electrons. The van der Waals surface area contributed by atoms with E-state index < -0.39 is 0 Å². The van der Waals surface area contributed by atoms with E-state index in [1.54, 1.807) is 0 Å². The van der Waals surface area contributed by atoms with Crippen molar-refractivity contribution in [1.29, 1.82) is 0 Å². The van der Waals surface area contributed by atoms with Gasteiger partial charge in [-0.1, -0.05) is 109 Å². The molecule has 0 saturated heterocycles. The summed E-state index contributed by atoms with van der Waals surface area (Å²) in [6.45, 7) is 0. The third-order valence-corrected chi connectivity index (χ3v) is 8.89. The van der Waals surface area contributed by atoms with Gasteiger partial charge in [-0.05, 0) is 96.1 Å². The molecule has 0 radical (unpaired) electrons. The van der Waals surface area contributed by atoms with Crippen LogP contribution in [0.2, 0.25) is 0 Å². The quantitative estimate of drug-likeness (QED) is 0.215. The van der Waals surface area contributed by atoms with Crippen LogP contribution in [-0.2, 0) is 11.8 Å². The first-order chi connectivity index (χ1) is 17.9. The van der Waals surface area contributed by atoms with E-state index in [0.29, 0.717) is 0 Å². The summed E-state index contributed by atoms with van der Waals surface area (Å²) in [6, 6.07) is 45.8. The van der Waals surface area contributed by atoms with Crippen molar-refractivity contribution >= 4 is 10.8 Å². The van der Waals surface area contributed by atoms with Gasteiger partial charge in [-0.2, -0.15) is 0 Å². The first-order valence-electron chi connectivity index (χ1n) is 12.8. The lowest BCUT2D eigenvalue weighted by Crippen LogP contribution is -2.25. The second-order valence-electron chi connectivity index (χ2n) is 10.4. The Morgan fingerprint density at radius 3 is 1.69 bits per heavy atom. The van der Waals surface area contributed by atoms with Crippen molar-refractivity contribution in [3.63, 3.8) is 0 Å². The van der Waals surface area contributed by atoms with E-state index in [1.807, 2.05) is 0 Å². The van der Waals surface area contributed by atoms with Crippen LogP contribution >= 0.6 is 0 Å². The second kappa shape index (κ2) is 6.42. The Bertz CT molecular complexity index is 1870. The first-order valence-corrected chi connectivity index (χ1v) is 12.8. The lowest BCUT2D eigenvalue weighted by Gasteiger charge is -2.30. The largest absolute Gasteiger partial charge is 0.0725 e. The molecule has 0 saturated carbocycles. The van der Waals surface area contributed by atoms with Gasteiger partial charge in [0.25, 0.3) is 0 Å². The number of benzene rings is 6. The van der Waals surface area contributed by atoms with Gasteiger partial charge >= 0.3 is 0 Å². The highest BCUT2D eigenvalue weighted by Gasteiger charge is 2.51. The van der Waals surface area contributed by atoms with E-state index >= 15 is 0 Å². The Hall–Kier alpha value is -4.42. The Kier molecular flexibility index (Phi) is 3.36. The van der Waals surface area contributed by atoms with Crippen LogP contribution in [0.1, 0.15) is 33.4 Å². The molecule has 6 aromatic rings. The Morgan fingerprint density at radius 1 is 0.417 bits per heavy atom. The van der Waals surface area contributed by atoms with Crippen LogP contribution < -0.4 is 0 Å². The molecule has 36 heavy (non-hydrogen) atoms. The SMILES string of the molecule is c1ccc2c(c1)-c1ccccc1C21c2ccccc2-c2cc3c(cc21)-c1c(ccc2ccccc12)C3. The standard InChI is InChI=1S/C36H22/c1-2-10-25-22(9-1)17-18-23-19-24-20-30-28-13-5-8-16-33(28)36(34(30)21-29(24)35(23)25)31-14-6-3-11-26(31)27-12-4-7-15-32(27)36/h1-18,20-21H,19H2. The van der Waals surface area contributed by atoms with Gasteiger partial charge in [-0.15, -0.1) is 0 Å². The molecule has 0 fully saturated rings. The van der Waals surface area contributed by atoms with Crippen LogP contribution in [0.4, 0.5) is 0 Å². The van der Waals surface area contributed by atoms with Crippen LogP contribution in [0.15, 0.2) is 121 Å². The Balaban J connectivity index is 1.45. The number of hydrogen-bond donors (Lipinski definition) is 0. The van der Waals surface area contributed by atoms with Gasteiger partial charge in [-0.3, -0.25) is 0 Å². The molecular weight excluding hydrogens is 432 g/mol. The maximum Gasteiger partial charge on any atom is 0.0725 e. The van der Waals surface area contributed by atoms with Gasteiger partial charge in [0.2, 0.25) is 0 Å². The summed E-state index contributed by atoms with van der Waals surface area (Å²) >= 11 is 0. The zero-order chi connectivity index (χ0) is 23.4. The van der Waals surface area contributed by atoms with Crippen molar-refractivity contribution in [2.45, 2.75) is 11.8 Å². The lowest BCUT2D eigenvalue weighted by atomic mass is 9.70. The fourth-order valence-corrected chi connectivity index (χ4v) is 7.55. The zero-order valence-corrected chi connectivity index (χ0v) is 19.8. The van der Waals surface area contributed by atoms with Gasteiger partial charge < -0.3 is 0 Å². The molecule has 6 aromatic carbocycles. The van der Waals surface area contributed by atoms with Crippen molar-refractivity contribution in [3.8, 4) is 33.4 Å². The second-order valence-corrected chi connectivity index (χ2v) is 10.4. The molecule has 3 aliphatic carbocycles. The molecule has 0 nitrogen and oxygen atoms in total. The van der Waals surface area contributed by atoms with Crippen LogP contribution in [0.25, 0.3) is 44.2 Å². The average Bonchev–Trinajstić information content (AvgIpc) is 3.55. The minimum absolute atomic E-state index is 0.276. The lowest BCUT2D eigenvalue weighted by molar-refractivity contribution is 0.794. The fourth-order valence-electron chi connectivity index (χ4n) is 7.55. The molecule has 0 unspecified atom stereocenters. The molecule has 3 aliphatic rings. The van der Waals surface area contributed by atoms with Crippen molar-refractivity contribution < 1.29 is 0 Å². The summed E-state index contributed by atoms with van der Waals surface area (Å²) in [5.74, 6) is 0. The molecule has 0 heterocycles. The maximum absolute atomic E-state index is 2.56. The summed E-state index contributed by atoms with van der Waals surface area (Å²) < 4.78 is 0. The molecule has 0 bridgehead atoms. The van der Waals surface area contributed by atoms with Crippen molar-refractivity contribution in [2.24, 2.45) is 0 Å². The van der Waals surface area contributed by atoms with Crippen LogP contribution in [0.3, 0.4) is 0 Å². The molecule has 0 aliphatic heterocycles. The van der Waals surface area contributed by atoms with Crippen molar-refractivity contribution in [2.75, 3.05) is 0 Å². The van der Waals surface area contributed by atoms with Gasteiger partial charge in [-0.25, -0.2) is 0 Å². The molecule has 0 heteroatoms. The molecule has 0 aromatic heterocycles. The van der Waals surface area contributed by atoms with E-state index in [0.717, 1.165) is 6.42 Å². The van der Waals surface area contributed by atoms with Gasteiger partial charge in [0.05, 0.1) is 5.41 Å². The molecule has 1 spiro atoms. The van der Waals surface area contributed by atoms with Crippen molar-refractivity contribution in [1.82, 2.24) is 0 Å². The Morgan fingerprint density at radius 2 is 1.00 bits per heavy atom. The minimum atomic E-state index is -0.276. The maximum atomic E-state index is 2.56. The molecule has 0 atom stereocenters. The Labute approximate surface area is 210 Å². The highest BCUT2D eigenvalue weighted by atomic mass is 14.5. The predicted molar refractivity (Wildman–Crippen MR) is 148 cm³/mol. The zero-order valence-electron chi connectivity index (χ0n) is 19.8. The highest BCUT2D eigenvalue weighted by molar-refractivity contribution is 6.03. The van der Waals surface area contributed by atoms with Gasteiger partial charge in [0.1, 0.15) is 0 Å². The van der Waals surface area contributed by atoms with Crippen LogP contribution in [0.5, 0.6) is 0 Å². The smallest absolute Gasteiger partial charge is 0.0619 e. The molecular formula is C36H22. The third kappa shape index (κ3) is 2.05. The number of rotatable bonds is 0. The monoisotopic (exact) mass is 454 g/mol. The predicted octanol–water partition coefficient (Wildman–Crippen LogP) is 8.75. The van der Waals surface area contributed by atoms with Gasteiger partial charge in [0.15, 0.2) is 0 Å². The van der Waals surface area contributed by atoms with E-state index in [1.165, 1.54) is 77.5 Å². The molecule has 9 rings (SSSR count). The summed E-state index contributed by atoms with van der Waals surface area (Å²) in [6.07, 6.45) is 1.01. The van der Waals surface area contributed by atoms with Crippen LogP contribution in [-0.4, -0.2) is 0 Å². The number of fused-ring (bicyclic) bond motifs is 15. The molecule has 0 amide bonds. The van der Waals surface area contributed by atoms with E-state index in [2.05, 4.69) is 121 Å². The van der Waals surface area contributed by atoms with E-state index in [-0.39, 0.29) is 5.41 Å². The summed E-state index contributed by atoms with van der Waals surface area (Å²) in [5.41, 5.74) is 16.6. The van der Waals surface area contributed by atoms with E-state index in [9.17, 15) is 0 Å².